The summed E-state index contributed by atoms with van der Waals surface area (Å²) in [5, 5.41) is 4.57. The summed E-state index contributed by atoms with van der Waals surface area (Å²) in [6, 6.07) is 7.52. The number of furan rings is 1. The molecule has 23 heavy (non-hydrogen) atoms. The minimum Gasteiger partial charge on any atom is -0.483 e. The molecule has 0 atom stereocenters. The maximum absolute atomic E-state index is 11.6. The smallest absolute Gasteiger partial charge is 0.321 e. The van der Waals surface area contributed by atoms with Crippen molar-refractivity contribution in [2.45, 2.75) is 6.54 Å². The van der Waals surface area contributed by atoms with E-state index in [0.29, 0.717) is 22.1 Å². The van der Waals surface area contributed by atoms with E-state index in [1.807, 2.05) is 0 Å². The molecule has 2 aromatic rings. The molecular weight excluding hydrogens is 368 g/mol. The van der Waals surface area contributed by atoms with Crippen LogP contribution in [-0.2, 0) is 11.3 Å². The number of halogens is 1. The van der Waals surface area contributed by atoms with Gasteiger partial charge in [-0.05, 0) is 30.3 Å². The van der Waals surface area contributed by atoms with Gasteiger partial charge in [0.15, 0.2) is 12.9 Å². The molecule has 0 unspecified atom stereocenters. The van der Waals surface area contributed by atoms with Crippen molar-refractivity contribution in [1.29, 1.82) is 0 Å². The molecule has 0 saturated carbocycles. The molecule has 0 saturated heterocycles. The first-order valence-electron chi connectivity index (χ1n) is 6.56. The van der Waals surface area contributed by atoms with Gasteiger partial charge in [0, 0.05) is 4.47 Å². The highest BCUT2D eigenvalue weighted by Crippen LogP contribution is 2.21. The molecule has 3 amide bonds. The summed E-state index contributed by atoms with van der Waals surface area (Å²) in [7, 11) is 0. The lowest BCUT2D eigenvalue weighted by atomic mass is 10.2. The molecule has 1 aromatic heterocycles. The summed E-state index contributed by atoms with van der Waals surface area (Å²) in [4.78, 5) is 34.1. The number of amides is 3. The molecule has 1 aromatic carbocycles. The fourth-order valence-electron chi connectivity index (χ4n) is 1.67. The average Bonchev–Trinajstić information content (AvgIpc) is 3.05. The third-order valence-corrected chi connectivity index (χ3v) is 3.21. The Morgan fingerprint density at radius 1 is 1.30 bits per heavy atom. The summed E-state index contributed by atoms with van der Waals surface area (Å²) >= 11 is 3.23. The van der Waals surface area contributed by atoms with Crippen LogP contribution in [0.1, 0.15) is 16.1 Å². The number of carbonyl (C=O) groups excluding carboxylic acids is 3. The van der Waals surface area contributed by atoms with Crippen LogP contribution >= 0.6 is 15.9 Å². The molecule has 2 N–H and O–H groups in total. The lowest BCUT2D eigenvalue weighted by Gasteiger charge is -2.09. The van der Waals surface area contributed by atoms with E-state index >= 15 is 0 Å². The summed E-state index contributed by atoms with van der Waals surface area (Å²) in [6.45, 7) is -0.231. The molecule has 0 fully saturated rings. The van der Waals surface area contributed by atoms with E-state index in [-0.39, 0.29) is 12.3 Å². The Labute approximate surface area is 140 Å². The number of aldehydes is 1. The summed E-state index contributed by atoms with van der Waals surface area (Å²) in [6.07, 6.45) is 2.10. The first kappa shape index (κ1) is 16.8. The predicted molar refractivity (Wildman–Crippen MR) is 84.1 cm³/mol. The van der Waals surface area contributed by atoms with E-state index in [2.05, 4.69) is 26.6 Å². The van der Waals surface area contributed by atoms with Crippen LogP contribution in [0.2, 0.25) is 0 Å². The fraction of sp³-hybridized carbons (Fsp3) is 0.133. The molecule has 0 aliphatic heterocycles. The van der Waals surface area contributed by atoms with Gasteiger partial charge >= 0.3 is 6.03 Å². The van der Waals surface area contributed by atoms with Gasteiger partial charge in [0.1, 0.15) is 11.5 Å². The van der Waals surface area contributed by atoms with Crippen molar-refractivity contribution in [3.8, 4) is 5.75 Å². The third kappa shape index (κ3) is 5.26. The van der Waals surface area contributed by atoms with Gasteiger partial charge in [0.2, 0.25) is 0 Å². The summed E-state index contributed by atoms with van der Waals surface area (Å²) < 4.78 is 11.0. The molecule has 0 spiro atoms. The number of rotatable bonds is 6. The largest absolute Gasteiger partial charge is 0.483 e. The number of hydrogen-bond acceptors (Lipinski definition) is 5. The van der Waals surface area contributed by atoms with Crippen molar-refractivity contribution in [1.82, 2.24) is 10.6 Å². The SMILES string of the molecule is O=Cc1cc(Br)ccc1OCC(=O)NC(=O)NCc1ccco1. The zero-order chi connectivity index (χ0) is 16.7. The van der Waals surface area contributed by atoms with Crippen molar-refractivity contribution in [3.05, 3.63) is 52.4 Å². The van der Waals surface area contributed by atoms with E-state index in [1.165, 1.54) is 6.26 Å². The number of ether oxygens (including phenoxy) is 1. The van der Waals surface area contributed by atoms with Crippen LogP contribution in [0.3, 0.4) is 0 Å². The van der Waals surface area contributed by atoms with Crippen molar-refractivity contribution >= 4 is 34.2 Å². The fourth-order valence-corrected chi connectivity index (χ4v) is 2.05. The Morgan fingerprint density at radius 3 is 2.83 bits per heavy atom. The monoisotopic (exact) mass is 380 g/mol. The van der Waals surface area contributed by atoms with Gasteiger partial charge in [-0.25, -0.2) is 4.79 Å². The van der Waals surface area contributed by atoms with E-state index in [4.69, 9.17) is 9.15 Å². The summed E-state index contributed by atoms with van der Waals surface area (Å²) in [5.74, 6) is 0.186. The van der Waals surface area contributed by atoms with Gasteiger partial charge in [0.25, 0.3) is 5.91 Å². The second-order valence-electron chi connectivity index (χ2n) is 4.40. The summed E-state index contributed by atoms with van der Waals surface area (Å²) in [5.41, 5.74) is 0.300. The Morgan fingerprint density at radius 2 is 2.13 bits per heavy atom. The van der Waals surface area contributed by atoms with Crippen LogP contribution in [0.5, 0.6) is 5.75 Å². The Kier molecular flexibility index (Phi) is 5.93. The first-order chi connectivity index (χ1) is 11.1. The van der Waals surface area contributed by atoms with Crippen LogP contribution in [0.4, 0.5) is 4.79 Å². The van der Waals surface area contributed by atoms with E-state index in [1.54, 1.807) is 30.3 Å². The van der Waals surface area contributed by atoms with Crippen molar-refractivity contribution < 1.29 is 23.5 Å². The van der Waals surface area contributed by atoms with Gasteiger partial charge in [0.05, 0.1) is 18.4 Å². The second kappa shape index (κ2) is 8.14. The molecule has 2 rings (SSSR count). The van der Waals surface area contributed by atoms with Gasteiger partial charge in [-0.3, -0.25) is 14.9 Å². The average molecular weight is 381 g/mol. The highest BCUT2D eigenvalue weighted by Gasteiger charge is 2.10. The molecule has 8 heteroatoms. The zero-order valence-corrected chi connectivity index (χ0v) is 13.5. The third-order valence-electron chi connectivity index (χ3n) is 2.71. The number of hydrogen-bond donors (Lipinski definition) is 2. The predicted octanol–water partition coefficient (Wildman–Crippen LogP) is 2.26. The van der Waals surface area contributed by atoms with Gasteiger partial charge < -0.3 is 14.5 Å². The number of carbonyl (C=O) groups is 3. The maximum atomic E-state index is 11.6. The molecule has 0 bridgehead atoms. The minimum absolute atomic E-state index is 0.162. The van der Waals surface area contributed by atoms with E-state index in [0.717, 1.165) is 0 Å². The molecule has 0 aliphatic rings. The normalized spacial score (nSPS) is 9.96. The van der Waals surface area contributed by atoms with Crippen molar-refractivity contribution in [2.75, 3.05) is 6.61 Å². The standard InChI is InChI=1S/C15H13BrN2O5/c16-11-3-4-13(10(6-11)8-19)23-9-14(20)18-15(21)17-7-12-2-1-5-22-12/h1-6,8H,7,9H2,(H2,17,18,20,21). The van der Waals surface area contributed by atoms with E-state index < -0.39 is 18.5 Å². The Hall–Kier alpha value is -2.61. The van der Waals surface area contributed by atoms with Crippen molar-refractivity contribution in [3.63, 3.8) is 0 Å². The first-order valence-corrected chi connectivity index (χ1v) is 7.35. The minimum atomic E-state index is -0.665. The van der Waals surface area contributed by atoms with Crippen LogP contribution < -0.4 is 15.4 Å². The molecule has 1 heterocycles. The topological polar surface area (TPSA) is 97.6 Å². The lowest BCUT2D eigenvalue weighted by Crippen LogP contribution is -2.41. The highest BCUT2D eigenvalue weighted by atomic mass is 79.9. The molecule has 7 nitrogen and oxygen atoms in total. The van der Waals surface area contributed by atoms with Gasteiger partial charge in [-0.2, -0.15) is 0 Å². The van der Waals surface area contributed by atoms with Crippen molar-refractivity contribution in [2.24, 2.45) is 0 Å². The zero-order valence-electron chi connectivity index (χ0n) is 11.9. The van der Waals surface area contributed by atoms with Gasteiger partial charge in [-0.1, -0.05) is 15.9 Å². The number of nitrogens with one attached hydrogen (secondary N) is 2. The van der Waals surface area contributed by atoms with Gasteiger partial charge in [-0.15, -0.1) is 0 Å². The molecule has 120 valence electrons. The quantitative estimate of drug-likeness (QED) is 0.749. The van der Waals surface area contributed by atoms with Crippen LogP contribution in [0.25, 0.3) is 0 Å². The number of imide groups is 1. The van der Waals surface area contributed by atoms with Crippen LogP contribution in [0, 0.1) is 0 Å². The molecular formula is C15H13BrN2O5. The maximum Gasteiger partial charge on any atom is 0.321 e. The number of benzene rings is 1. The van der Waals surface area contributed by atoms with Crippen LogP contribution in [-0.4, -0.2) is 24.8 Å². The lowest BCUT2D eigenvalue weighted by molar-refractivity contribution is -0.122. The molecule has 0 aliphatic carbocycles. The number of urea groups is 1. The highest BCUT2D eigenvalue weighted by molar-refractivity contribution is 9.10. The molecule has 0 radical (unpaired) electrons. The second-order valence-corrected chi connectivity index (χ2v) is 5.31. The Balaban J connectivity index is 1.78. The Bertz CT molecular complexity index is 700. The van der Waals surface area contributed by atoms with Crippen LogP contribution in [0.15, 0.2) is 45.5 Å². The van der Waals surface area contributed by atoms with E-state index in [9.17, 15) is 14.4 Å².